The normalized spacial score (nSPS) is 12.2. The Bertz CT molecular complexity index is 574. The lowest BCUT2D eigenvalue weighted by molar-refractivity contribution is 0.566. The van der Waals surface area contributed by atoms with Crippen molar-refractivity contribution in [3.63, 3.8) is 0 Å². The van der Waals surface area contributed by atoms with Crippen LogP contribution in [-0.2, 0) is 5.41 Å². The number of aryl methyl sites for hydroxylation is 1. The van der Waals surface area contributed by atoms with Crippen LogP contribution in [0.25, 0.3) is 5.69 Å². The molecule has 0 aliphatic carbocycles. The Morgan fingerprint density at radius 2 is 1.84 bits per heavy atom. The monoisotopic (exact) mass is 257 g/mol. The molecule has 0 spiro atoms. The molecule has 0 N–H and O–H groups in total. The molecule has 0 atom stereocenters. The van der Waals surface area contributed by atoms with Crippen molar-refractivity contribution in [2.75, 3.05) is 0 Å². The Balaban J connectivity index is 2.38. The van der Waals surface area contributed by atoms with E-state index in [1.54, 1.807) is 0 Å². The van der Waals surface area contributed by atoms with E-state index in [1.807, 2.05) is 10.9 Å². The number of hydrogen-bond acceptors (Lipinski definition) is 2. The maximum Gasteiger partial charge on any atom is 0.0885 e. The van der Waals surface area contributed by atoms with Crippen molar-refractivity contribution in [1.29, 1.82) is 0 Å². The second-order valence-electron chi connectivity index (χ2n) is 6.49. The Hall–Kier alpha value is -1.64. The van der Waals surface area contributed by atoms with E-state index >= 15 is 0 Å². The fourth-order valence-electron chi connectivity index (χ4n) is 2.18. The third-order valence-corrected chi connectivity index (χ3v) is 3.40. The molecule has 0 saturated carbocycles. The molecule has 19 heavy (non-hydrogen) atoms. The first kappa shape index (κ1) is 13.8. The lowest BCUT2D eigenvalue weighted by Crippen LogP contribution is -2.11. The highest BCUT2D eigenvalue weighted by Gasteiger charge is 2.18. The average molecular weight is 257 g/mol. The highest BCUT2D eigenvalue weighted by molar-refractivity contribution is 5.40. The van der Waals surface area contributed by atoms with Gasteiger partial charge in [0.15, 0.2) is 0 Å². The van der Waals surface area contributed by atoms with Crippen LogP contribution in [0.1, 0.15) is 57.4 Å². The van der Waals surface area contributed by atoms with Gasteiger partial charge in [0.05, 0.1) is 17.6 Å². The van der Waals surface area contributed by atoms with Gasteiger partial charge >= 0.3 is 0 Å². The van der Waals surface area contributed by atoms with Crippen LogP contribution in [-0.4, -0.2) is 15.0 Å². The zero-order valence-electron chi connectivity index (χ0n) is 12.7. The molecule has 0 fully saturated rings. The topological polar surface area (TPSA) is 30.7 Å². The predicted molar refractivity (Wildman–Crippen MR) is 78.9 cm³/mol. The lowest BCUT2D eigenvalue weighted by atomic mass is 9.93. The molecule has 0 amide bonds. The van der Waals surface area contributed by atoms with Crippen molar-refractivity contribution >= 4 is 0 Å². The van der Waals surface area contributed by atoms with Gasteiger partial charge in [0.1, 0.15) is 0 Å². The van der Waals surface area contributed by atoms with Crippen LogP contribution in [0.3, 0.4) is 0 Å². The summed E-state index contributed by atoms with van der Waals surface area (Å²) in [6.07, 6.45) is 2.02. The van der Waals surface area contributed by atoms with E-state index in [2.05, 4.69) is 70.1 Å². The molecule has 0 aliphatic heterocycles. The van der Waals surface area contributed by atoms with Crippen molar-refractivity contribution in [3.05, 3.63) is 41.2 Å². The first-order valence-corrected chi connectivity index (χ1v) is 6.83. The molecule has 0 aliphatic rings. The third kappa shape index (κ3) is 2.86. The first-order chi connectivity index (χ1) is 8.79. The first-order valence-electron chi connectivity index (χ1n) is 6.83. The van der Waals surface area contributed by atoms with Gasteiger partial charge in [-0.25, -0.2) is 4.68 Å². The molecule has 0 radical (unpaired) electrons. The second-order valence-corrected chi connectivity index (χ2v) is 6.49. The van der Waals surface area contributed by atoms with Crippen molar-refractivity contribution in [2.45, 2.75) is 52.9 Å². The largest absolute Gasteiger partial charge is 0.220 e. The van der Waals surface area contributed by atoms with Crippen LogP contribution in [0.2, 0.25) is 0 Å². The van der Waals surface area contributed by atoms with Gasteiger partial charge in [0.25, 0.3) is 0 Å². The number of benzene rings is 1. The van der Waals surface area contributed by atoms with Gasteiger partial charge < -0.3 is 0 Å². The van der Waals surface area contributed by atoms with E-state index in [0.717, 1.165) is 11.4 Å². The zero-order valence-corrected chi connectivity index (χ0v) is 12.7. The summed E-state index contributed by atoms with van der Waals surface area (Å²) in [5.74, 6) is 0.551. The Morgan fingerprint density at radius 1 is 1.16 bits per heavy atom. The van der Waals surface area contributed by atoms with Crippen LogP contribution < -0.4 is 0 Å². The van der Waals surface area contributed by atoms with E-state index in [-0.39, 0.29) is 5.41 Å². The molecule has 1 heterocycles. The second kappa shape index (κ2) is 4.80. The Kier molecular flexibility index (Phi) is 3.48. The number of aromatic nitrogens is 3. The van der Waals surface area contributed by atoms with Gasteiger partial charge in [-0.1, -0.05) is 45.9 Å². The summed E-state index contributed by atoms with van der Waals surface area (Å²) < 4.78 is 1.86. The number of hydrogen-bond donors (Lipinski definition) is 0. The Morgan fingerprint density at radius 3 is 2.32 bits per heavy atom. The summed E-state index contributed by atoms with van der Waals surface area (Å²) in [6.45, 7) is 13.0. The third-order valence-electron chi connectivity index (χ3n) is 3.40. The van der Waals surface area contributed by atoms with Gasteiger partial charge in [0.2, 0.25) is 0 Å². The van der Waals surface area contributed by atoms with Crippen LogP contribution in [0.5, 0.6) is 0 Å². The summed E-state index contributed by atoms with van der Waals surface area (Å²) >= 11 is 0. The SMILES string of the molecule is Cc1cc(-n2cc(C(C)(C)C)nn2)ccc1C(C)C. The fourth-order valence-corrected chi connectivity index (χ4v) is 2.18. The zero-order chi connectivity index (χ0) is 14.2. The van der Waals surface area contributed by atoms with Crippen molar-refractivity contribution in [2.24, 2.45) is 0 Å². The Labute approximate surface area is 115 Å². The molecular formula is C16H23N3. The molecule has 0 unspecified atom stereocenters. The van der Waals surface area contributed by atoms with Gasteiger partial charge in [-0.3, -0.25) is 0 Å². The highest BCUT2D eigenvalue weighted by atomic mass is 15.4. The smallest absolute Gasteiger partial charge is 0.0885 e. The van der Waals surface area contributed by atoms with Crippen LogP contribution in [0, 0.1) is 6.92 Å². The number of rotatable bonds is 2. The van der Waals surface area contributed by atoms with Gasteiger partial charge in [-0.15, -0.1) is 5.10 Å². The van der Waals surface area contributed by atoms with E-state index in [4.69, 9.17) is 0 Å². The molecule has 2 aromatic rings. The van der Waals surface area contributed by atoms with Crippen molar-refractivity contribution in [1.82, 2.24) is 15.0 Å². The summed E-state index contributed by atoms with van der Waals surface area (Å²) in [6, 6.07) is 6.48. The molecule has 0 saturated heterocycles. The predicted octanol–water partition coefficient (Wildman–Crippen LogP) is 4.00. The minimum absolute atomic E-state index is 0.0329. The van der Waals surface area contributed by atoms with E-state index in [9.17, 15) is 0 Å². The molecule has 102 valence electrons. The van der Waals surface area contributed by atoms with E-state index < -0.39 is 0 Å². The van der Waals surface area contributed by atoms with Crippen molar-refractivity contribution < 1.29 is 0 Å². The summed E-state index contributed by atoms with van der Waals surface area (Å²) in [4.78, 5) is 0. The maximum atomic E-state index is 4.26. The van der Waals surface area contributed by atoms with Gasteiger partial charge in [-0.05, 0) is 36.1 Å². The quantitative estimate of drug-likeness (QED) is 0.814. The average Bonchev–Trinajstić information content (AvgIpc) is 2.76. The molecule has 3 nitrogen and oxygen atoms in total. The molecule has 1 aromatic heterocycles. The summed E-state index contributed by atoms with van der Waals surface area (Å²) in [5, 5.41) is 8.50. The summed E-state index contributed by atoms with van der Waals surface area (Å²) in [5.41, 5.74) is 4.81. The van der Waals surface area contributed by atoms with Gasteiger partial charge in [0, 0.05) is 5.41 Å². The minimum atomic E-state index is 0.0329. The number of nitrogens with zero attached hydrogens (tertiary/aromatic N) is 3. The standard InChI is InChI=1S/C16H23N3/c1-11(2)14-8-7-13(9-12(14)3)19-10-15(17-18-19)16(4,5)6/h7-11H,1-6H3. The fraction of sp³-hybridized carbons (Fsp3) is 0.500. The molecule has 2 rings (SSSR count). The van der Waals surface area contributed by atoms with Gasteiger partial charge in [-0.2, -0.15) is 0 Å². The molecule has 3 heteroatoms. The highest BCUT2D eigenvalue weighted by Crippen LogP contribution is 2.23. The summed E-state index contributed by atoms with van der Waals surface area (Å²) in [7, 11) is 0. The van der Waals surface area contributed by atoms with Crippen molar-refractivity contribution in [3.8, 4) is 5.69 Å². The van der Waals surface area contributed by atoms with Crippen LogP contribution in [0.15, 0.2) is 24.4 Å². The lowest BCUT2D eigenvalue weighted by Gasteiger charge is -2.13. The van der Waals surface area contributed by atoms with E-state index in [1.165, 1.54) is 11.1 Å². The molecule has 0 bridgehead atoms. The maximum absolute atomic E-state index is 4.26. The van der Waals surface area contributed by atoms with Crippen LogP contribution in [0.4, 0.5) is 0 Å². The molecule has 1 aromatic carbocycles. The van der Waals surface area contributed by atoms with Crippen LogP contribution >= 0.6 is 0 Å². The minimum Gasteiger partial charge on any atom is -0.220 e. The molecular weight excluding hydrogens is 234 g/mol. The van der Waals surface area contributed by atoms with E-state index in [0.29, 0.717) is 5.92 Å².